The topological polar surface area (TPSA) is 58.6 Å². The maximum absolute atomic E-state index is 12.4. The van der Waals surface area contributed by atoms with E-state index in [1.54, 1.807) is 12.1 Å². The van der Waals surface area contributed by atoms with Gasteiger partial charge in [0.25, 0.3) is 5.91 Å². The van der Waals surface area contributed by atoms with Crippen LogP contribution < -0.4 is 10.1 Å². The minimum atomic E-state index is -0.0905. The van der Waals surface area contributed by atoms with Crippen molar-refractivity contribution in [2.24, 2.45) is 5.92 Å². The first kappa shape index (κ1) is 19.9. The van der Waals surface area contributed by atoms with Crippen LogP contribution >= 0.6 is 0 Å². The molecule has 0 aliphatic carbocycles. The van der Waals surface area contributed by atoms with Crippen LogP contribution in [0.5, 0.6) is 5.75 Å². The van der Waals surface area contributed by atoms with Crippen molar-refractivity contribution in [2.45, 2.75) is 25.7 Å². The van der Waals surface area contributed by atoms with Crippen molar-refractivity contribution >= 4 is 11.8 Å². The minimum absolute atomic E-state index is 0.0905. The van der Waals surface area contributed by atoms with E-state index in [1.807, 2.05) is 53.4 Å². The molecular weight excluding hydrogens is 352 g/mol. The van der Waals surface area contributed by atoms with Crippen LogP contribution in [-0.4, -0.2) is 43.0 Å². The number of benzene rings is 2. The summed E-state index contributed by atoms with van der Waals surface area (Å²) in [6.07, 6.45) is 3.08. The van der Waals surface area contributed by atoms with Gasteiger partial charge in [-0.3, -0.25) is 9.59 Å². The molecule has 3 rings (SSSR count). The van der Waals surface area contributed by atoms with E-state index < -0.39 is 0 Å². The molecule has 1 N–H and O–H groups in total. The van der Waals surface area contributed by atoms with Crippen molar-refractivity contribution in [3.8, 4) is 5.75 Å². The number of piperidine rings is 1. The van der Waals surface area contributed by atoms with Gasteiger partial charge in [0, 0.05) is 31.6 Å². The lowest BCUT2D eigenvalue weighted by Gasteiger charge is -2.32. The third kappa shape index (κ3) is 6.12. The maximum atomic E-state index is 12.4. The predicted octanol–water partition coefficient (Wildman–Crippen LogP) is 3.51. The number of ether oxygens (including phenoxy) is 1. The Hall–Kier alpha value is -2.82. The molecule has 28 heavy (non-hydrogen) atoms. The van der Waals surface area contributed by atoms with Crippen LogP contribution in [0.2, 0.25) is 0 Å². The van der Waals surface area contributed by atoms with Gasteiger partial charge in [0.15, 0.2) is 0 Å². The molecule has 1 heterocycles. The van der Waals surface area contributed by atoms with E-state index in [4.69, 9.17) is 4.74 Å². The van der Waals surface area contributed by atoms with E-state index in [0.29, 0.717) is 37.5 Å². The molecule has 2 aromatic rings. The Labute approximate surface area is 166 Å². The molecule has 2 amide bonds. The van der Waals surface area contributed by atoms with E-state index in [-0.39, 0.29) is 11.8 Å². The molecule has 0 bridgehead atoms. The minimum Gasteiger partial charge on any atom is -0.493 e. The number of nitrogens with zero attached hydrogens (tertiary/aromatic N) is 1. The second kappa shape index (κ2) is 10.5. The van der Waals surface area contributed by atoms with E-state index in [2.05, 4.69) is 5.32 Å². The monoisotopic (exact) mass is 380 g/mol. The molecule has 0 spiro atoms. The summed E-state index contributed by atoms with van der Waals surface area (Å²) in [5.41, 5.74) is 0.647. The van der Waals surface area contributed by atoms with Crippen LogP contribution in [0, 0.1) is 5.92 Å². The van der Waals surface area contributed by atoms with Crippen molar-refractivity contribution < 1.29 is 14.3 Å². The zero-order valence-electron chi connectivity index (χ0n) is 16.2. The summed E-state index contributed by atoms with van der Waals surface area (Å²) in [7, 11) is 0. The number of para-hydroxylation sites is 1. The second-order valence-electron chi connectivity index (χ2n) is 7.17. The van der Waals surface area contributed by atoms with Gasteiger partial charge >= 0.3 is 0 Å². The molecule has 0 radical (unpaired) electrons. The van der Waals surface area contributed by atoms with Gasteiger partial charge in [0.05, 0.1) is 6.61 Å². The fourth-order valence-corrected chi connectivity index (χ4v) is 3.37. The number of hydrogen-bond donors (Lipinski definition) is 1. The molecule has 2 aromatic carbocycles. The molecule has 1 fully saturated rings. The molecule has 1 aliphatic heterocycles. The van der Waals surface area contributed by atoms with Gasteiger partial charge in [-0.05, 0) is 49.4 Å². The number of amides is 2. The number of likely N-dealkylation sites (tertiary alicyclic amines) is 1. The van der Waals surface area contributed by atoms with Gasteiger partial charge in [0.2, 0.25) is 5.91 Å². The molecule has 5 heteroatoms. The Balaban J connectivity index is 1.29. The highest BCUT2D eigenvalue weighted by Crippen LogP contribution is 2.20. The van der Waals surface area contributed by atoms with Crippen LogP contribution in [0.4, 0.5) is 0 Å². The molecule has 0 atom stereocenters. The van der Waals surface area contributed by atoms with Crippen LogP contribution in [0.15, 0.2) is 60.7 Å². The van der Waals surface area contributed by atoms with Crippen LogP contribution in [-0.2, 0) is 4.79 Å². The lowest BCUT2D eigenvalue weighted by Crippen LogP contribution is -2.40. The Bertz CT molecular complexity index is 741. The number of carbonyl (C=O) groups excluding carboxylic acids is 2. The zero-order valence-corrected chi connectivity index (χ0v) is 16.2. The van der Waals surface area contributed by atoms with E-state index in [0.717, 1.165) is 31.7 Å². The van der Waals surface area contributed by atoms with Crippen LogP contribution in [0.1, 0.15) is 36.0 Å². The fourth-order valence-electron chi connectivity index (χ4n) is 3.37. The van der Waals surface area contributed by atoms with Crippen molar-refractivity contribution in [1.29, 1.82) is 0 Å². The molecule has 1 aliphatic rings. The molecule has 0 saturated carbocycles. The first-order valence-corrected chi connectivity index (χ1v) is 10.0. The van der Waals surface area contributed by atoms with Crippen LogP contribution in [0.25, 0.3) is 0 Å². The Morgan fingerprint density at radius 3 is 2.29 bits per heavy atom. The van der Waals surface area contributed by atoms with Gasteiger partial charge < -0.3 is 15.0 Å². The third-order valence-electron chi connectivity index (χ3n) is 5.09. The molecular formula is C23H28N2O3. The van der Waals surface area contributed by atoms with Crippen molar-refractivity contribution in [2.75, 3.05) is 26.2 Å². The lowest BCUT2D eigenvalue weighted by molar-refractivity contribution is -0.132. The van der Waals surface area contributed by atoms with Crippen molar-refractivity contribution in [3.63, 3.8) is 0 Å². The van der Waals surface area contributed by atoms with E-state index in [9.17, 15) is 9.59 Å². The molecule has 0 aromatic heterocycles. The average Bonchev–Trinajstić information content (AvgIpc) is 2.76. The molecule has 148 valence electrons. The molecule has 0 unspecified atom stereocenters. The quantitative estimate of drug-likeness (QED) is 0.713. The largest absolute Gasteiger partial charge is 0.493 e. The van der Waals surface area contributed by atoms with Crippen molar-refractivity contribution in [1.82, 2.24) is 10.2 Å². The fraction of sp³-hybridized carbons (Fsp3) is 0.391. The Morgan fingerprint density at radius 2 is 1.61 bits per heavy atom. The number of carbonyl (C=O) groups is 2. The highest BCUT2D eigenvalue weighted by Gasteiger charge is 2.22. The molecule has 1 saturated heterocycles. The Kier molecular flexibility index (Phi) is 7.47. The zero-order chi connectivity index (χ0) is 19.6. The summed E-state index contributed by atoms with van der Waals surface area (Å²) in [6, 6.07) is 19.0. The van der Waals surface area contributed by atoms with Gasteiger partial charge in [-0.2, -0.15) is 0 Å². The van der Waals surface area contributed by atoms with E-state index in [1.165, 1.54) is 0 Å². The van der Waals surface area contributed by atoms with Gasteiger partial charge in [-0.15, -0.1) is 0 Å². The normalized spacial score (nSPS) is 14.5. The summed E-state index contributed by atoms with van der Waals surface area (Å²) in [4.78, 5) is 26.3. The lowest BCUT2D eigenvalue weighted by atomic mass is 9.97. The summed E-state index contributed by atoms with van der Waals surface area (Å²) in [5, 5.41) is 2.87. The third-order valence-corrected chi connectivity index (χ3v) is 5.09. The summed E-state index contributed by atoms with van der Waals surface area (Å²) in [5.74, 6) is 1.48. The summed E-state index contributed by atoms with van der Waals surface area (Å²) in [6.45, 7) is 2.80. The highest BCUT2D eigenvalue weighted by molar-refractivity contribution is 5.94. The number of nitrogens with one attached hydrogen (secondary N) is 1. The SMILES string of the molecule is O=C(NCCCC(=O)N1CCC(COc2ccccc2)CC1)c1ccccc1. The first-order chi connectivity index (χ1) is 13.7. The number of hydrogen-bond acceptors (Lipinski definition) is 3. The van der Waals surface area contributed by atoms with Gasteiger partial charge in [0.1, 0.15) is 5.75 Å². The van der Waals surface area contributed by atoms with E-state index >= 15 is 0 Å². The van der Waals surface area contributed by atoms with Crippen molar-refractivity contribution in [3.05, 3.63) is 66.2 Å². The van der Waals surface area contributed by atoms with Crippen LogP contribution in [0.3, 0.4) is 0 Å². The maximum Gasteiger partial charge on any atom is 0.251 e. The van der Waals surface area contributed by atoms with Gasteiger partial charge in [-0.25, -0.2) is 0 Å². The smallest absolute Gasteiger partial charge is 0.251 e. The number of rotatable bonds is 8. The predicted molar refractivity (Wildman–Crippen MR) is 109 cm³/mol. The molecule has 5 nitrogen and oxygen atoms in total. The highest BCUT2D eigenvalue weighted by atomic mass is 16.5. The van der Waals surface area contributed by atoms with Gasteiger partial charge in [-0.1, -0.05) is 36.4 Å². The summed E-state index contributed by atoms with van der Waals surface area (Å²) < 4.78 is 5.84. The standard InChI is InChI=1S/C23H28N2O3/c26-22(12-7-15-24-23(27)20-8-3-1-4-9-20)25-16-13-19(14-17-25)18-28-21-10-5-2-6-11-21/h1-6,8-11,19H,7,12-18H2,(H,24,27). The first-order valence-electron chi connectivity index (χ1n) is 10.0. The summed E-state index contributed by atoms with van der Waals surface area (Å²) >= 11 is 0. The Morgan fingerprint density at radius 1 is 0.964 bits per heavy atom. The average molecular weight is 380 g/mol. The second-order valence-corrected chi connectivity index (χ2v) is 7.17.